The molecular weight excluding hydrogens is 621 g/mol. The first-order chi connectivity index (χ1) is 22.2. The summed E-state index contributed by atoms with van der Waals surface area (Å²) in [5.41, 5.74) is 1.56. The summed E-state index contributed by atoms with van der Waals surface area (Å²) in [4.78, 5) is 23.5. The third-order valence-electron chi connectivity index (χ3n) is 7.85. The number of benzene rings is 2. The lowest BCUT2D eigenvalue weighted by Gasteiger charge is -2.24. The molecule has 0 aliphatic rings. The number of aromatic nitrogens is 2. The molecule has 7 nitrogen and oxygen atoms in total. The highest BCUT2D eigenvalue weighted by Crippen LogP contribution is 2.34. The van der Waals surface area contributed by atoms with Gasteiger partial charge in [0, 0.05) is 18.0 Å². The molecule has 0 saturated heterocycles. The Labute approximate surface area is 266 Å². The minimum absolute atomic E-state index is 0.0112. The molecule has 244 valence electrons. The van der Waals surface area contributed by atoms with Crippen LogP contribution < -0.4 is 4.74 Å². The summed E-state index contributed by atoms with van der Waals surface area (Å²) in [5.74, 6) is -2.06. The summed E-state index contributed by atoms with van der Waals surface area (Å²) in [6.45, 7) is 6.85. The third-order valence-corrected chi connectivity index (χ3v) is 7.85. The quantitative estimate of drug-likeness (QED) is 0.120. The fourth-order valence-electron chi connectivity index (χ4n) is 4.95. The number of ether oxygens (including phenoxy) is 1. The molecule has 1 amide bonds. The van der Waals surface area contributed by atoms with Crippen LogP contribution in [0.5, 0.6) is 5.88 Å². The molecule has 0 unspecified atom stereocenters. The second kappa shape index (κ2) is 12.9. The first-order valence-electron chi connectivity index (χ1n) is 14.3. The molecule has 0 bridgehead atoms. The molecule has 2 aromatic carbocycles. The lowest BCUT2D eigenvalue weighted by atomic mass is 9.82. The van der Waals surface area contributed by atoms with Crippen molar-refractivity contribution in [2.24, 2.45) is 0 Å². The van der Waals surface area contributed by atoms with E-state index in [4.69, 9.17) is 9.15 Å². The summed E-state index contributed by atoms with van der Waals surface area (Å²) in [5, 5.41) is 10.1. The average Bonchev–Trinajstić information content (AvgIpc) is 3.53. The molecule has 1 N–H and O–H groups in total. The molecule has 5 aromatic rings. The van der Waals surface area contributed by atoms with Gasteiger partial charge in [0.2, 0.25) is 11.6 Å². The number of allylic oxidation sites excluding steroid dienone is 1. The SMILES string of the molecule is C=C(O)C(C)(C)c1cccc(-c2ccc(CN(Cc3ccc(C(F)(F)F)o3)C(=O)c3cc(C(F)F)nc4ccc(OC)nc34)cc2)c1. The number of carbonyl (C=O) groups is 1. The Balaban J connectivity index is 1.52. The van der Waals surface area contributed by atoms with Crippen LogP contribution in [0.25, 0.3) is 22.2 Å². The van der Waals surface area contributed by atoms with Crippen molar-refractivity contribution in [3.63, 3.8) is 0 Å². The number of nitrogens with zero attached hydrogens (tertiary/aromatic N) is 3. The van der Waals surface area contributed by atoms with Gasteiger partial charge < -0.3 is 19.2 Å². The normalized spacial score (nSPS) is 12.0. The molecule has 0 radical (unpaired) electrons. The fourth-order valence-corrected chi connectivity index (χ4v) is 4.95. The van der Waals surface area contributed by atoms with E-state index >= 15 is 0 Å². The number of aliphatic hydroxyl groups excluding tert-OH is 1. The van der Waals surface area contributed by atoms with Gasteiger partial charge in [-0.2, -0.15) is 13.2 Å². The summed E-state index contributed by atoms with van der Waals surface area (Å²) in [6.07, 6.45) is -7.75. The molecular formula is C35H30F5N3O4. The van der Waals surface area contributed by atoms with Crippen molar-refractivity contribution in [3.05, 3.63) is 125 Å². The van der Waals surface area contributed by atoms with Crippen molar-refractivity contribution < 1.29 is 41.0 Å². The van der Waals surface area contributed by atoms with Crippen LogP contribution in [0.4, 0.5) is 22.0 Å². The van der Waals surface area contributed by atoms with E-state index < -0.39 is 41.9 Å². The second-order valence-corrected chi connectivity index (χ2v) is 11.4. The van der Waals surface area contributed by atoms with Crippen molar-refractivity contribution in [2.45, 2.75) is 45.0 Å². The number of furan rings is 1. The van der Waals surface area contributed by atoms with Crippen molar-refractivity contribution in [3.8, 4) is 17.0 Å². The molecule has 5 rings (SSSR count). The zero-order valence-electron chi connectivity index (χ0n) is 25.6. The van der Waals surface area contributed by atoms with Crippen LogP contribution in [-0.2, 0) is 24.7 Å². The van der Waals surface area contributed by atoms with Crippen LogP contribution in [-0.4, -0.2) is 33.0 Å². The predicted molar refractivity (Wildman–Crippen MR) is 165 cm³/mol. The molecule has 3 aromatic heterocycles. The van der Waals surface area contributed by atoms with Crippen molar-refractivity contribution in [1.82, 2.24) is 14.9 Å². The van der Waals surface area contributed by atoms with E-state index in [0.29, 0.717) is 5.56 Å². The van der Waals surface area contributed by atoms with E-state index in [0.717, 1.165) is 34.9 Å². The van der Waals surface area contributed by atoms with Crippen molar-refractivity contribution in [2.75, 3.05) is 7.11 Å². The van der Waals surface area contributed by atoms with E-state index in [9.17, 15) is 31.9 Å². The van der Waals surface area contributed by atoms with E-state index in [-0.39, 0.29) is 40.5 Å². The molecule has 0 saturated carbocycles. The van der Waals surface area contributed by atoms with Crippen LogP contribution >= 0.6 is 0 Å². The van der Waals surface area contributed by atoms with Gasteiger partial charge in [-0.25, -0.2) is 18.7 Å². The number of carbonyl (C=O) groups excluding carboxylic acids is 1. The largest absolute Gasteiger partial charge is 0.512 e. The van der Waals surface area contributed by atoms with Gasteiger partial charge in [0.15, 0.2) is 0 Å². The molecule has 47 heavy (non-hydrogen) atoms. The average molecular weight is 652 g/mol. The zero-order chi connectivity index (χ0) is 34.1. The minimum atomic E-state index is -4.74. The Hall–Kier alpha value is -5.26. The highest BCUT2D eigenvalue weighted by Gasteiger charge is 2.35. The van der Waals surface area contributed by atoms with Gasteiger partial charge in [0.25, 0.3) is 12.3 Å². The maximum Gasteiger partial charge on any atom is 0.449 e. The summed E-state index contributed by atoms with van der Waals surface area (Å²) in [7, 11) is 1.35. The Morgan fingerprint density at radius 3 is 2.30 bits per heavy atom. The highest BCUT2D eigenvalue weighted by atomic mass is 19.4. The van der Waals surface area contributed by atoms with Crippen LogP contribution in [0, 0.1) is 0 Å². The Morgan fingerprint density at radius 2 is 1.68 bits per heavy atom. The van der Waals surface area contributed by atoms with Crippen molar-refractivity contribution >= 4 is 16.9 Å². The first-order valence-corrected chi connectivity index (χ1v) is 14.3. The molecule has 0 atom stereocenters. The van der Waals surface area contributed by atoms with E-state index in [1.807, 2.05) is 50.2 Å². The molecule has 0 aliphatic heterocycles. The van der Waals surface area contributed by atoms with Crippen LogP contribution in [0.2, 0.25) is 0 Å². The van der Waals surface area contributed by atoms with Gasteiger partial charge in [-0.1, -0.05) is 55.1 Å². The smallest absolute Gasteiger partial charge is 0.449 e. The number of amides is 1. The number of aliphatic hydroxyl groups is 1. The van der Waals surface area contributed by atoms with E-state index in [1.54, 1.807) is 12.1 Å². The number of rotatable bonds is 10. The second-order valence-electron chi connectivity index (χ2n) is 11.4. The third kappa shape index (κ3) is 7.11. The summed E-state index contributed by atoms with van der Waals surface area (Å²) < 4.78 is 77.7. The fraction of sp³-hybridized carbons (Fsp3) is 0.229. The van der Waals surface area contributed by atoms with Gasteiger partial charge >= 0.3 is 6.18 Å². The van der Waals surface area contributed by atoms with Gasteiger partial charge in [-0.15, -0.1) is 0 Å². The van der Waals surface area contributed by atoms with E-state index in [2.05, 4.69) is 16.5 Å². The van der Waals surface area contributed by atoms with Gasteiger partial charge in [-0.3, -0.25) is 4.79 Å². The van der Waals surface area contributed by atoms with Crippen LogP contribution in [0.3, 0.4) is 0 Å². The van der Waals surface area contributed by atoms with Gasteiger partial charge in [0.05, 0.1) is 30.5 Å². The predicted octanol–water partition coefficient (Wildman–Crippen LogP) is 9.05. The topological polar surface area (TPSA) is 88.7 Å². The number of hydrogen-bond acceptors (Lipinski definition) is 6. The number of alkyl halides is 5. The lowest BCUT2D eigenvalue weighted by molar-refractivity contribution is -0.153. The van der Waals surface area contributed by atoms with Crippen LogP contribution in [0.1, 0.15) is 59.0 Å². The monoisotopic (exact) mass is 651 g/mol. The molecule has 12 heteroatoms. The lowest BCUT2D eigenvalue weighted by Crippen LogP contribution is -2.30. The molecule has 0 spiro atoms. The Bertz CT molecular complexity index is 1930. The standard InChI is InChI=1S/C35H30F5N3O4/c1-20(44)34(2,3)24-7-5-6-23(16-24)22-10-8-21(9-11-22)18-43(19-25-12-14-29(47-25)35(38,39)40)33(45)26-17-28(32(36)37)41-27-13-15-30(46-4)42-31(26)27/h5-17,32,44H,1,18-19H2,2-4H3. The van der Waals surface area contributed by atoms with Gasteiger partial charge in [0.1, 0.15) is 17.0 Å². The number of methoxy groups -OCH3 is 1. The number of fused-ring (bicyclic) bond motifs is 1. The summed E-state index contributed by atoms with van der Waals surface area (Å²) >= 11 is 0. The molecule has 3 heterocycles. The Kier molecular flexibility index (Phi) is 9.06. The van der Waals surface area contributed by atoms with Crippen LogP contribution in [0.15, 0.2) is 95.6 Å². The first kappa shape index (κ1) is 33.1. The molecule has 0 fully saturated rings. The maximum atomic E-state index is 14.1. The maximum absolute atomic E-state index is 14.1. The highest BCUT2D eigenvalue weighted by molar-refractivity contribution is 6.04. The number of pyridine rings is 2. The Morgan fingerprint density at radius 1 is 0.957 bits per heavy atom. The van der Waals surface area contributed by atoms with Gasteiger partial charge in [-0.05, 0) is 60.4 Å². The summed E-state index contributed by atoms with van der Waals surface area (Å²) in [6, 6.07) is 20.3. The zero-order valence-corrected chi connectivity index (χ0v) is 25.6. The number of halogens is 5. The van der Waals surface area contributed by atoms with E-state index in [1.165, 1.54) is 24.1 Å². The van der Waals surface area contributed by atoms with Crippen molar-refractivity contribution in [1.29, 1.82) is 0 Å². The number of hydrogen-bond donors (Lipinski definition) is 1. The molecule has 0 aliphatic carbocycles. The minimum Gasteiger partial charge on any atom is -0.512 e.